The number of aromatic nitrogens is 1. The molecule has 0 aliphatic rings. The molecule has 1 heterocycles. The summed E-state index contributed by atoms with van der Waals surface area (Å²) in [4.78, 5) is 57.4. The molecule has 3 atom stereocenters. The van der Waals surface area contributed by atoms with Gasteiger partial charge in [-0.25, -0.2) is 9.59 Å². The van der Waals surface area contributed by atoms with Crippen LogP contribution in [0.15, 0.2) is 35.5 Å². The number of amides is 4. The van der Waals surface area contributed by atoms with Gasteiger partial charge in [-0.2, -0.15) is 0 Å². The summed E-state index contributed by atoms with van der Waals surface area (Å²) in [5.74, 6) is 0.198. The number of hydrogen-bond donors (Lipinski definition) is 7. The molecule has 0 aliphatic heterocycles. The Morgan fingerprint density at radius 2 is 1.64 bits per heavy atom. The molecule has 1 aromatic carbocycles. The molecule has 9 N–H and O–H groups in total. The summed E-state index contributed by atoms with van der Waals surface area (Å²) in [6, 6.07) is 7.02. The number of H-pyrrole nitrogens is 1. The third kappa shape index (κ3) is 15.0. The predicted molar refractivity (Wildman–Crippen MR) is 180 cm³/mol. The number of rotatable bonds is 20. The molecule has 0 saturated heterocycles. The van der Waals surface area contributed by atoms with Gasteiger partial charge in [-0.1, -0.05) is 32.0 Å². The standard InChI is InChI=1S/C33H54N8O4/c1-21(2)29(41-33(45)39-22(3)4)15-14-27(43)17-24(9-8-16-36-31(34)35)19-38-32(44)40-26(13-12-23(5)42)18-25-20-37-30-11-7-6-10-28(25)30/h6-7,10-11,20-22,24,26,29,37H,8-9,12-19H2,1-5H3,(H4,34,35,36)(H2,38,40,44)(H2,39,41,45)/t24-,26-,29-/m1/s1. The van der Waals surface area contributed by atoms with Crippen molar-refractivity contribution in [1.82, 2.24) is 26.3 Å². The van der Waals surface area contributed by atoms with Crippen LogP contribution in [0.3, 0.4) is 0 Å². The number of hydrogen-bond acceptors (Lipinski definition) is 5. The second-order valence-electron chi connectivity index (χ2n) is 12.6. The number of guanidine groups is 1. The molecule has 0 fully saturated rings. The van der Waals surface area contributed by atoms with Gasteiger partial charge in [0.15, 0.2) is 5.96 Å². The molecule has 2 rings (SSSR count). The van der Waals surface area contributed by atoms with Gasteiger partial charge >= 0.3 is 12.1 Å². The Bertz CT molecular complexity index is 1270. The van der Waals surface area contributed by atoms with Crippen LogP contribution in [0.4, 0.5) is 9.59 Å². The number of carbonyl (C=O) groups excluding carboxylic acids is 4. The van der Waals surface area contributed by atoms with E-state index in [4.69, 9.17) is 11.5 Å². The molecule has 1 aromatic heterocycles. The van der Waals surface area contributed by atoms with Crippen LogP contribution < -0.4 is 32.7 Å². The minimum atomic E-state index is -0.342. The number of aromatic amines is 1. The average Bonchev–Trinajstić information content (AvgIpc) is 3.36. The number of carbonyl (C=O) groups is 4. The van der Waals surface area contributed by atoms with Gasteiger partial charge in [-0.05, 0) is 76.3 Å². The van der Waals surface area contributed by atoms with Gasteiger partial charge in [0, 0.05) is 67.6 Å². The smallest absolute Gasteiger partial charge is 0.315 e. The molecule has 0 aliphatic carbocycles. The fourth-order valence-electron chi connectivity index (χ4n) is 5.29. The average molecular weight is 627 g/mol. The van der Waals surface area contributed by atoms with Crippen LogP contribution in [-0.4, -0.2) is 65.8 Å². The summed E-state index contributed by atoms with van der Waals surface area (Å²) < 4.78 is 0. The van der Waals surface area contributed by atoms with E-state index in [9.17, 15) is 19.2 Å². The van der Waals surface area contributed by atoms with Crippen LogP contribution in [0.2, 0.25) is 0 Å². The molecule has 12 heteroatoms. The highest BCUT2D eigenvalue weighted by Gasteiger charge is 2.21. The van der Waals surface area contributed by atoms with E-state index in [0.717, 1.165) is 16.5 Å². The number of aliphatic imine (C=N–C) groups is 1. The minimum Gasteiger partial charge on any atom is -0.370 e. The molecule has 250 valence electrons. The van der Waals surface area contributed by atoms with E-state index in [1.807, 2.05) is 58.2 Å². The molecular weight excluding hydrogens is 572 g/mol. The quantitative estimate of drug-likeness (QED) is 0.0661. The summed E-state index contributed by atoms with van der Waals surface area (Å²) in [6.07, 6.45) is 5.84. The first kappa shape index (κ1) is 37.1. The van der Waals surface area contributed by atoms with Crippen LogP contribution >= 0.6 is 0 Å². The number of nitrogens with zero attached hydrogens (tertiary/aromatic N) is 1. The molecule has 12 nitrogen and oxygen atoms in total. The monoisotopic (exact) mass is 626 g/mol. The fraction of sp³-hybridized carbons (Fsp3) is 0.606. The molecule has 45 heavy (non-hydrogen) atoms. The number of fused-ring (bicyclic) bond motifs is 1. The molecule has 0 bridgehead atoms. The van der Waals surface area contributed by atoms with Gasteiger partial charge < -0.3 is 42.5 Å². The Kier molecular flexibility index (Phi) is 15.9. The fourth-order valence-corrected chi connectivity index (χ4v) is 5.29. The van der Waals surface area contributed by atoms with Gasteiger partial charge in [0.1, 0.15) is 11.6 Å². The maximum absolute atomic E-state index is 13.1. The van der Waals surface area contributed by atoms with Crippen LogP contribution in [0, 0.1) is 11.8 Å². The topological polar surface area (TPSA) is 197 Å². The van der Waals surface area contributed by atoms with Crippen molar-refractivity contribution >= 4 is 40.5 Å². The Morgan fingerprint density at radius 1 is 0.911 bits per heavy atom. The van der Waals surface area contributed by atoms with Crippen LogP contribution in [0.5, 0.6) is 0 Å². The molecule has 2 aromatic rings. The molecular formula is C33H54N8O4. The number of Topliss-reactive ketones (excluding diaryl/α,β-unsaturated/α-hetero) is 2. The summed E-state index contributed by atoms with van der Waals surface area (Å²) in [5, 5.41) is 12.9. The Morgan fingerprint density at radius 3 is 2.31 bits per heavy atom. The van der Waals surface area contributed by atoms with Gasteiger partial charge in [0.2, 0.25) is 0 Å². The third-order valence-corrected chi connectivity index (χ3v) is 7.73. The Hall–Kier alpha value is -4.09. The Labute approximate surface area is 267 Å². The number of urea groups is 2. The lowest BCUT2D eigenvalue weighted by molar-refractivity contribution is -0.120. The number of nitrogens with two attached hydrogens (primary N) is 2. The van der Waals surface area contributed by atoms with Crippen molar-refractivity contribution in [3.8, 4) is 0 Å². The normalized spacial score (nSPS) is 13.2. The zero-order valence-electron chi connectivity index (χ0n) is 27.6. The summed E-state index contributed by atoms with van der Waals surface area (Å²) in [5.41, 5.74) is 13.0. The van der Waals surface area contributed by atoms with Crippen molar-refractivity contribution < 1.29 is 19.2 Å². The van der Waals surface area contributed by atoms with E-state index >= 15 is 0 Å². The van der Waals surface area contributed by atoms with Crippen LogP contribution in [-0.2, 0) is 16.0 Å². The van der Waals surface area contributed by atoms with Crippen molar-refractivity contribution in [3.05, 3.63) is 36.0 Å². The van der Waals surface area contributed by atoms with E-state index in [-0.39, 0.29) is 66.0 Å². The number of ketones is 2. The van der Waals surface area contributed by atoms with Crippen LogP contribution in [0.1, 0.15) is 85.1 Å². The lowest BCUT2D eigenvalue weighted by atomic mass is 9.92. The van der Waals surface area contributed by atoms with Crippen LogP contribution in [0.25, 0.3) is 10.9 Å². The first-order valence-electron chi connectivity index (χ1n) is 16.1. The van der Waals surface area contributed by atoms with E-state index in [1.165, 1.54) is 0 Å². The van der Waals surface area contributed by atoms with Gasteiger partial charge in [0.25, 0.3) is 0 Å². The highest BCUT2D eigenvalue weighted by Crippen LogP contribution is 2.20. The largest absolute Gasteiger partial charge is 0.370 e. The van der Waals surface area contributed by atoms with E-state index < -0.39 is 0 Å². The molecule has 0 saturated carbocycles. The summed E-state index contributed by atoms with van der Waals surface area (Å²) >= 11 is 0. The lowest BCUT2D eigenvalue weighted by Gasteiger charge is -2.24. The Balaban J connectivity index is 2.00. The SMILES string of the molecule is CC(=O)CC[C@H](Cc1c[nH]c2ccccc12)NC(=O)NC[C@H](CCCN=C(N)N)CC(=O)CC[C@@H](NC(=O)NC(C)C)C(C)C. The summed E-state index contributed by atoms with van der Waals surface area (Å²) in [6.45, 7) is 10.1. The lowest BCUT2D eigenvalue weighted by Crippen LogP contribution is -2.46. The number of nitrogens with one attached hydrogen (secondary N) is 5. The summed E-state index contributed by atoms with van der Waals surface area (Å²) in [7, 11) is 0. The van der Waals surface area contributed by atoms with Crippen molar-refractivity contribution in [2.24, 2.45) is 28.3 Å². The highest BCUT2D eigenvalue weighted by molar-refractivity contribution is 5.83. The molecule has 0 unspecified atom stereocenters. The van der Waals surface area contributed by atoms with Gasteiger partial charge in [-0.3, -0.25) is 9.79 Å². The van der Waals surface area contributed by atoms with Crippen molar-refractivity contribution in [3.63, 3.8) is 0 Å². The second kappa shape index (κ2) is 19.3. The van der Waals surface area contributed by atoms with E-state index in [0.29, 0.717) is 58.0 Å². The predicted octanol–water partition coefficient (Wildman–Crippen LogP) is 3.89. The minimum absolute atomic E-state index is 0.0145. The van der Waals surface area contributed by atoms with Crippen molar-refractivity contribution in [1.29, 1.82) is 0 Å². The first-order chi connectivity index (χ1) is 21.3. The van der Waals surface area contributed by atoms with E-state index in [2.05, 4.69) is 31.2 Å². The molecule has 0 radical (unpaired) electrons. The number of para-hydroxylation sites is 1. The third-order valence-electron chi connectivity index (χ3n) is 7.73. The zero-order chi connectivity index (χ0) is 33.4. The molecule has 0 spiro atoms. The van der Waals surface area contributed by atoms with E-state index in [1.54, 1.807) is 6.92 Å². The molecule has 4 amide bonds. The van der Waals surface area contributed by atoms with Crippen molar-refractivity contribution in [2.45, 2.75) is 104 Å². The van der Waals surface area contributed by atoms with Gasteiger partial charge in [-0.15, -0.1) is 0 Å². The second-order valence-corrected chi connectivity index (χ2v) is 12.6. The highest BCUT2D eigenvalue weighted by atomic mass is 16.2. The van der Waals surface area contributed by atoms with Gasteiger partial charge in [0.05, 0.1) is 0 Å². The van der Waals surface area contributed by atoms with Crippen molar-refractivity contribution in [2.75, 3.05) is 13.1 Å². The maximum atomic E-state index is 13.1. The zero-order valence-corrected chi connectivity index (χ0v) is 27.6. The maximum Gasteiger partial charge on any atom is 0.315 e. The first-order valence-corrected chi connectivity index (χ1v) is 16.1. The number of benzene rings is 1.